The number of rotatable bonds is 6. The first-order valence-electron chi connectivity index (χ1n) is 5.60. The van der Waals surface area contributed by atoms with Crippen molar-refractivity contribution in [3.63, 3.8) is 0 Å². The molecule has 0 aliphatic rings. The van der Waals surface area contributed by atoms with E-state index in [0.29, 0.717) is 24.3 Å². The van der Waals surface area contributed by atoms with Gasteiger partial charge in [-0.1, -0.05) is 6.92 Å². The van der Waals surface area contributed by atoms with Crippen LogP contribution >= 0.6 is 0 Å². The lowest BCUT2D eigenvalue weighted by molar-refractivity contribution is -0.384. The van der Waals surface area contributed by atoms with Gasteiger partial charge in [0.1, 0.15) is 11.8 Å². The molecule has 0 fully saturated rings. The predicted octanol–water partition coefficient (Wildman–Crippen LogP) is 2.00. The van der Waals surface area contributed by atoms with Crippen molar-refractivity contribution in [2.24, 2.45) is 0 Å². The van der Waals surface area contributed by atoms with Gasteiger partial charge in [-0.15, -0.1) is 0 Å². The molecule has 1 aromatic rings. The highest BCUT2D eigenvalue weighted by molar-refractivity contribution is 5.44. The Hall–Kier alpha value is -2.13. The maximum atomic E-state index is 10.7. The third kappa shape index (κ3) is 3.43. The Kier molecular flexibility index (Phi) is 5.08. The highest BCUT2D eigenvalue weighted by atomic mass is 16.6. The largest absolute Gasteiger partial charge is 0.475 e. The number of benzene rings is 1. The van der Waals surface area contributed by atoms with Crippen molar-refractivity contribution in [1.29, 1.82) is 5.26 Å². The molecule has 1 aromatic carbocycles. The lowest BCUT2D eigenvalue weighted by atomic mass is 10.1. The van der Waals surface area contributed by atoms with Crippen LogP contribution in [0.1, 0.15) is 18.9 Å². The monoisotopic (exact) mass is 249 g/mol. The summed E-state index contributed by atoms with van der Waals surface area (Å²) >= 11 is 0. The molecule has 96 valence electrons. The molecule has 0 saturated heterocycles. The van der Waals surface area contributed by atoms with Crippen molar-refractivity contribution in [2.75, 3.05) is 7.05 Å². The molecular weight excluding hydrogens is 234 g/mol. The Labute approximate surface area is 105 Å². The number of nitro groups is 1. The number of hydrogen-bond donors (Lipinski definition) is 1. The van der Waals surface area contributed by atoms with Crippen molar-refractivity contribution in [2.45, 2.75) is 26.0 Å². The number of nitriles is 1. The fourth-order valence-electron chi connectivity index (χ4n) is 1.48. The molecule has 6 heteroatoms. The van der Waals surface area contributed by atoms with Crippen LogP contribution < -0.4 is 10.1 Å². The van der Waals surface area contributed by atoms with E-state index in [-0.39, 0.29) is 5.69 Å². The van der Waals surface area contributed by atoms with Crippen LogP contribution in [0.2, 0.25) is 0 Å². The van der Waals surface area contributed by atoms with Gasteiger partial charge in [-0.05, 0) is 19.5 Å². The Morgan fingerprint density at radius 2 is 2.33 bits per heavy atom. The van der Waals surface area contributed by atoms with E-state index in [4.69, 9.17) is 10.00 Å². The third-order valence-corrected chi connectivity index (χ3v) is 2.41. The summed E-state index contributed by atoms with van der Waals surface area (Å²) in [6.07, 6.45) is 0.0222. The molecule has 1 atom stereocenters. The minimum absolute atomic E-state index is 0.0117. The number of non-ortho nitro benzene ring substituents is 1. The fraction of sp³-hybridized carbons (Fsp3) is 0.417. The van der Waals surface area contributed by atoms with Crippen LogP contribution in [0.15, 0.2) is 18.2 Å². The molecule has 0 amide bonds. The number of hydrogen-bond acceptors (Lipinski definition) is 5. The summed E-state index contributed by atoms with van der Waals surface area (Å²) in [6.45, 7) is 2.29. The molecule has 1 N–H and O–H groups in total. The number of nitrogens with zero attached hydrogens (tertiary/aromatic N) is 2. The van der Waals surface area contributed by atoms with Crippen LogP contribution in [0.4, 0.5) is 5.69 Å². The first-order chi connectivity index (χ1) is 8.62. The maximum absolute atomic E-state index is 10.7. The summed E-state index contributed by atoms with van der Waals surface area (Å²) in [4.78, 5) is 10.2. The van der Waals surface area contributed by atoms with E-state index in [0.717, 1.165) is 0 Å². The molecular formula is C12H15N3O3. The lowest BCUT2D eigenvalue weighted by Crippen LogP contribution is -2.15. The van der Waals surface area contributed by atoms with Crippen LogP contribution in [-0.2, 0) is 6.54 Å². The molecule has 1 rings (SSSR count). The van der Waals surface area contributed by atoms with E-state index in [9.17, 15) is 10.1 Å². The summed E-state index contributed by atoms with van der Waals surface area (Å²) in [6, 6.07) is 6.39. The fourth-order valence-corrected chi connectivity index (χ4v) is 1.48. The molecule has 0 spiro atoms. The molecule has 18 heavy (non-hydrogen) atoms. The molecule has 0 radical (unpaired) electrons. The first kappa shape index (κ1) is 13.9. The summed E-state index contributed by atoms with van der Waals surface area (Å²) in [5.41, 5.74) is 0.679. The van der Waals surface area contributed by atoms with E-state index in [1.165, 1.54) is 18.2 Å². The smallest absolute Gasteiger partial charge is 0.270 e. The molecule has 0 aliphatic carbocycles. The van der Waals surface area contributed by atoms with Crippen LogP contribution in [0.3, 0.4) is 0 Å². The van der Waals surface area contributed by atoms with Crippen molar-refractivity contribution in [3.05, 3.63) is 33.9 Å². The van der Waals surface area contributed by atoms with Crippen LogP contribution in [0, 0.1) is 21.4 Å². The van der Waals surface area contributed by atoms with E-state index in [1.54, 1.807) is 7.05 Å². The van der Waals surface area contributed by atoms with Crippen molar-refractivity contribution >= 4 is 5.69 Å². The third-order valence-electron chi connectivity index (χ3n) is 2.41. The number of nitrogens with one attached hydrogen (secondary N) is 1. The van der Waals surface area contributed by atoms with E-state index < -0.39 is 11.0 Å². The second kappa shape index (κ2) is 6.57. The summed E-state index contributed by atoms with van der Waals surface area (Å²) < 4.78 is 5.51. The van der Waals surface area contributed by atoms with Crippen LogP contribution in [0.25, 0.3) is 0 Å². The molecule has 1 unspecified atom stereocenters. The van der Waals surface area contributed by atoms with E-state index >= 15 is 0 Å². The SMILES string of the molecule is CCC(C#N)Oc1ccc([N+](=O)[O-])cc1CNC. The minimum Gasteiger partial charge on any atom is -0.475 e. The van der Waals surface area contributed by atoms with Gasteiger partial charge in [0.25, 0.3) is 5.69 Å². The van der Waals surface area contributed by atoms with Crippen LogP contribution in [-0.4, -0.2) is 18.1 Å². The zero-order chi connectivity index (χ0) is 13.5. The highest BCUT2D eigenvalue weighted by Gasteiger charge is 2.14. The number of ether oxygens (including phenoxy) is 1. The van der Waals surface area contributed by atoms with E-state index in [1.807, 2.05) is 13.0 Å². The van der Waals surface area contributed by atoms with Gasteiger partial charge in [0, 0.05) is 24.2 Å². The van der Waals surface area contributed by atoms with Gasteiger partial charge in [-0.2, -0.15) is 5.26 Å². The molecule has 0 aliphatic heterocycles. The standard InChI is InChI=1S/C12H15N3O3/c1-3-11(7-13)18-12-5-4-10(15(16)17)6-9(12)8-14-2/h4-6,11,14H,3,8H2,1-2H3. The minimum atomic E-state index is -0.540. The molecule has 0 heterocycles. The zero-order valence-electron chi connectivity index (χ0n) is 10.3. The highest BCUT2D eigenvalue weighted by Crippen LogP contribution is 2.25. The van der Waals surface area contributed by atoms with Gasteiger partial charge >= 0.3 is 0 Å². The summed E-state index contributed by atoms with van der Waals surface area (Å²) in [5, 5.41) is 22.5. The van der Waals surface area contributed by atoms with Gasteiger partial charge < -0.3 is 10.1 Å². The van der Waals surface area contributed by atoms with Gasteiger partial charge in [-0.25, -0.2) is 0 Å². The molecule has 0 saturated carbocycles. The Balaban J connectivity index is 3.03. The second-order valence-electron chi connectivity index (χ2n) is 3.72. The van der Waals surface area contributed by atoms with Crippen LogP contribution in [0.5, 0.6) is 5.75 Å². The van der Waals surface area contributed by atoms with Gasteiger partial charge in [0.2, 0.25) is 0 Å². The topological polar surface area (TPSA) is 88.2 Å². The molecule has 6 nitrogen and oxygen atoms in total. The predicted molar refractivity (Wildman–Crippen MR) is 66.2 cm³/mol. The zero-order valence-corrected chi connectivity index (χ0v) is 10.3. The number of nitro benzene ring substituents is 1. The van der Waals surface area contributed by atoms with Gasteiger partial charge in [0.05, 0.1) is 4.92 Å². The quantitative estimate of drug-likeness (QED) is 0.615. The Morgan fingerprint density at radius 1 is 1.61 bits per heavy atom. The molecule has 0 aromatic heterocycles. The summed E-state index contributed by atoms with van der Waals surface area (Å²) in [7, 11) is 1.74. The van der Waals surface area contributed by atoms with E-state index in [2.05, 4.69) is 5.32 Å². The van der Waals surface area contributed by atoms with Gasteiger partial charge in [-0.3, -0.25) is 10.1 Å². The first-order valence-corrected chi connectivity index (χ1v) is 5.60. The Bertz CT molecular complexity index is 468. The average Bonchev–Trinajstić information content (AvgIpc) is 2.37. The summed E-state index contributed by atoms with van der Waals surface area (Å²) in [5.74, 6) is 0.503. The maximum Gasteiger partial charge on any atom is 0.270 e. The normalized spacial score (nSPS) is 11.6. The van der Waals surface area contributed by atoms with Crippen molar-refractivity contribution in [1.82, 2.24) is 5.32 Å². The lowest BCUT2D eigenvalue weighted by Gasteiger charge is -2.14. The van der Waals surface area contributed by atoms with Gasteiger partial charge in [0.15, 0.2) is 6.10 Å². The molecule has 0 bridgehead atoms. The second-order valence-corrected chi connectivity index (χ2v) is 3.72. The van der Waals surface area contributed by atoms with Crippen molar-refractivity contribution < 1.29 is 9.66 Å². The Morgan fingerprint density at radius 3 is 2.83 bits per heavy atom. The van der Waals surface area contributed by atoms with Crippen molar-refractivity contribution in [3.8, 4) is 11.8 Å². The average molecular weight is 249 g/mol.